The summed E-state index contributed by atoms with van der Waals surface area (Å²) in [5, 5.41) is 19.2. The van der Waals surface area contributed by atoms with E-state index in [1.165, 1.54) is 0 Å². The summed E-state index contributed by atoms with van der Waals surface area (Å²) in [7, 11) is 0. The topological polar surface area (TPSA) is 108 Å². The smallest absolute Gasteiger partial charge is 0.190 e. The Bertz CT molecular complexity index is 1370. The zero-order valence-corrected chi connectivity index (χ0v) is 16.3. The van der Waals surface area contributed by atoms with Crippen LogP contribution in [-0.4, -0.2) is 42.6 Å². The number of aliphatic hydroxyl groups is 1. The van der Waals surface area contributed by atoms with E-state index in [2.05, 4.69) is 25.1 Å². The normalized spacial score (nSPS) is 12.5. The molecule has 0 aliphatic heterocycles. The highest BCUT2D eigenvalue weighted by Crippen LogP contribution is 2.30. The molecule has 0 unspecified atom stereocenters. The standard InChI is InChI=1S/C23H19N5O2/c1-13-3-2-4-18(25-13)17(12-29)23(30)21-10-15-9-16-20(11-19(15)26-21)27-28-22(16)14-5-7-24-8-6-14/h2-11,17,26,29H,12H2,1H3,(H,27,28)/t17-/m1/s1. The number of benzene rings is 1. The number of carbonyl (C=O) groups is 1. The zero-order chi connectivity index (χ0) is 20.7. The molecule has 4 aromatic heterocycles. The van der Waals surface area contributed by atoms with Crippen LogP contribution in [0.2, 0.25) is 0 Å². The van der Waals surface area contributed by atoms with Crippen molar-refractivity contribution in [2.24, 2.45) is 0 Å². The van der Waals surface area contributed by atoms with Gasteiger partial charge in [-0.3, -0.25) is 19.9 Å². The lowest BCUT2D eigenvalue weighted by Gasteiger charge is -2.12. The van der Waals surface area contributed by atoms with Crippen LogP contribution in [0, 0.1) is 6.92 Å². The third-order valence-corrected chi connectivity index (χ3v) is 5.29. The van der Waals surface area contributed by atoms with Crippen LogP contribution in [0.15, 0.2) is 60.9 Å². The molecule has 30 heavy (non-hydrogen) atoms. The summed E-state index contributed by atoms with van der Waals surface area (Å²) in [6.45, 7) is 1.56. The Balaban J connectivity index is 1.57. The van der Waals surface area contributed by atoms with Gasteiger partial charge in [-0.1, -0.05) is 6.07 Å². The van der Waals surface area contributed by atoms with Gasteiger partial charge in [-0.15, -0.1) is 0 Å². The van der Waals surface area contributed by atoms with Crippen LogP contribution in [0.1, 0.15) is 27.8 Å². The molecule has 3 N–H and O–H groups in total. The number of rotatable bonds is 5. The number of H-pyrrole nitrogens is 2. The first-order chi connectivity index (χ1) is 14.6. The molecule has 0 aliphatic carbocycles. The number of aryl methyl sites for hydroxylation is 1. The second-order valence-corrected chi connectivity index (χ2v) is 7.28. The second-order valence-electron chi connectivity index (χ2n) is 7.28. The van der Waals surface area contributed by atoms with Gasteiger partial charge in [0.05, 0.1) is 29.4 Å². The molecule has 4 heterocycles. The van der Waals surface area contributed by atoms with E-state index in [0.29, 0.717) is 11.4 Å². The predicted octanol–water partition coefficient (Wildman–Crippen LogP) is 3.77. The van der Waals surface area contributed by atoms with E-state index in [0.717, 1.165) is 38.8 Å². The molecule has 1 atom stereocenters. The van der Waals surface area contributed by atoms with Gasteiger partial charge in [0.1, 0.15) is 5.69 Å². The Kier molecular flexibility index (Phi) is 4.37. The Labute approximate surface area is 171 Å². The van der Waals surface area contributed by atoms with Gasteiger partial charge in [-0.25, -0.2) is 0 Å². The fourth-order valence-corrected chi connectivity index (χ4v) is 3.76. The molecule has 5 rings (SSSR count). The Morgan fingerprint density at radius 3 is 2.70 bits per heavy atom. The molecule has 5 aromatic rings. The molecule has 0 spiro atoms. The highest BCUT2D eigenvalue weighted by atomic mass is 16.3. The van der Waals surface area contributed by atoms with Gasteiger partial charge in [0.2, 0.25) is 0 Å². The number of nitrogens with zero attached hydrogens (tertiary/aromatic N) is 3. The van der Waals surface area contributed by atoms with Crippen LogP contribution >= 0.6 is 0 Å². The number of aromatic amines is 2. The van der Waals surface area contributed by atoms with E-state index in [1.54, 1.807) is 18.5 Å². The van der Waals surface area contributed by atoms with Gasteiger partial charge >= 0.3 is 0 Å². The highest BCUT2D eigenvalue weighted by molar-refractivity contribution is 6.07. The van der Waals surface area contributed by atoms with Crippen LogP contribution in [0.3, 0.4) is 0 Å². The summed E-state index contributed by atoms with van der Waals surface area (Å²) in [6, 6.07) is 15.1. The monoisotopic (exact) mass is 397 g/mol. The number of ketones is 1. The maximum Gasteiger partial charge on any atom is 0.190 e. The van der Waals surface area contributed by atoms with Crippen molar-refractivity contribution in [3.05, 3.63) is 78.0 Å². The van der Waals surface area contributed by atoms with Crippen LogP contribution in [0.4, 0.5) is 0 Å². The van der Waals surface area contributed by atoms with Crippen molar-refractivity contribution in [1.29, 1.82) is 0 Å². The lowest BCUT2D eigenvalue weighted by molar-refractivity contribution is 0.0915. The fraction of sp³-hybridized carbons (Fsp3) is 0.130. The minimum absolute atomic E-state index is 0.192. The molecular formula is C23H19N5O2. The molecule has 0 fully saturated rings. The SMILES string of the molecule is Cc1cccc([C@@H](CO)C(=O)c2cc3cc4c(-c5ccncc5)n[nH]c4cc3[nH]2)n1. The summed E-state index contributed by atoms with van der Waals surface area (Å²) in [5.74, 6) is -0.903. The number of nitrogens with one attached hydrogen (secondary N) is 2. The van der Waals surface area contributed by atoms with Crippen molar-refractivity contribution in [1.82, 2.24) is 25.1 Å². The maximum absolute atomic E-state index is 13.1. The molecule has 7 heteroatoms. The number of hydrogen-bond donors (Lipinski definition) is 3. The van der Waals surface area contributed by atoms with Gasteiger partial charge in [0.25, 0.3) is 0 Å². The minimum atomic E-state index is -0.711. The minimum Gasteiger partial charge on any atom is -0.395 e. The van der Waals surface area contributed by atoms with E-state index in [9.17, 15) is 9.90 Å². The van der Waals surface area contributed by atoms with Gasteiger partial charge in [-0.2, -0.15) is 5.10 Å². The fourth-order valence-electron chi connectivity index (χ4n) is 3.76. The van der Waals surface area contributed by atoms with E-state index in [-0.39, 0.29) is 12.4 Å². The highest BCUT2D eigenvalue weighted by Gasteiger charge is 2.24. The van der Waals surface area contributed by atoms with Gasteiger partial charge in [0.15, 0.2) is 5.78 Å². The molecule has 0 amide bonds. The number of aromatic nitrogens is 5. The average molecular weight is 397 g/mol. The third kappa shape index (κ3) is 3.05. The molecular weight excluding hydrogens is 378 g/mol. The van der Waals surface area contributed by atoms with E-state index < -0.39 is 5.92 Å². The second kappa shape index (κ2) is 7.20. The molecule has 1 aromatic carbocycles. The molecule has 7 nitrogen and oxygen atoms in total. The van der Waals surface area contributed by atoms with Crippen LogP contribution in [-0.2, 0) is 0 Å². The summed E-state index contributed by atoms with van der Waals surface area (Å²) < 4.78 is 0. The molecule has 148 valence electrons. The van der Waals surface area contributed by atoms with Crippen molar-refractivity contribution in [3.8, 4) is 11.3 Å². The molecule has 0 bridgehead atoms. The van der Waals surface area contributed by atoms with Crippen molar-refractivity contribution < 1.29 is 9.90 Å². The number of carbonyl (C=O) groups excluding carboxylic acids is 1. The Hall–Kier alpha value is -3.84. The lowest BCUT2D eigenvalue weighted by atomic mass is 9.98. The van der Waals surface area contributed by atoms with Gasteiger partial charge in [0, 0.05) is 39.9 Å². The largest absolute Gasteiger partial charge is 0.395 e. The van der Waals surface area contributed by atoms with Crippen molar-refractivity contribution in [2.45, 2.75) is 12.8 Å². The summed E-state index contributed by atoms with van der Waals surface area (Å²) in [5.41, 5.74) is 5.31. The molecule has 0 aliphatic rings. The predicted molar refractivity (Wildman–Crippen MR) is 114 cm³/mol. The molecule has 0 radical (unpaired) electrons. The third-order valence-electron chi connectivity index (χ3n) is 5.29. The first-order valence-electron chi connectivity index (χ1n) is 9.64. The Morgan fingerprint density at radius 1 is 1.10 bits per heavy atom. The summed E-state index contributed by atoms with van der Waals surface area (Å²) in [4.78, 5) is 24.8. The average Bonchev–Trinajstić information content (AvgIpc) is 3.36. The van der Waals surface area contributed by atoms with E-state index in [1.807, 2.05) is 49.4 Å². The van der Waals surface area contributed by atoms with Crippen molar-refractivity contribution in [2.75, 3.05) is 6.61 Å². The van der Waals surface area contributed by atoms with Crippen LogP contribution in [0.25, 0.3) is 33.1 Å². The van der Waals surface area contributed by atoms with E-state index >= 15 is 0 Å². The Morgan fingerprint density at radius 2 is 1.93 bits per heavy atom. The molecule has 0 saturated carbocycles. The molecule has 0 saturated heterocycles. The van der Waals surface area contributed by atoms with Gasteiger partial charge < -0.3 is 10.1 Å². The summed E-state index contributed by atoms with van der Waals surface area (Å²) >= 11 is 0. The number of pyridine rings is 2. The van der Waals surface area contributed by atoms with Gasteiger partial charge in [-0.05, 0) is 49.4 Å². The number of fused-ring (bicyclic) bond motifs is 2. The maximum atomic E-state index is 13.1. The van der Waals surface area contributed by atoms with Crippen LogP contribution in [0.5, 0.6) is 0 Å². The number of aliphatic hydroxyl groups excluding tert-OH is 1. The lowest BCUT2D eigenvalue weighted by Crippen LogP contribution is -2.18. The first-order valence-corrected chi connectivity index (χ1v) is 9.64. The van der Waals surface area contributed by atoms with E-state index in [4.69, 9.17) is 0 Å². The quantitative estimate of drug-likeness (QED) is 0.391. The first kappa shape index (κ1) is 18.2. The van der Waals surface area contributed by atoms with Crippen LogP contribution < -0.4 is 0 Å². The van der Waals surface area contributed by atoms with Crippen molar-refractivity contribution >= 4 is 27.6 Å². The number of Topliss-reactive ketones (excluding diaryl/α,β-unsaturated/α-hetero) is 1. The summed E-state index contributed by atoms with van der Waals surface area (Å²) in [6.07, 6.45) is 3.46. The number of hydrogen-bond acceptors (Lipinski definition) is 5. The zero-order valence-electron chi connectivity index (χ0n) is 16.3. The van der Waals surface area contributed by atoms with Crippen molar-refractivity contribution in [3.63, 3.8) is 0 Å².